The Morgan fingerprint density at radius 2 is 1.83 bits per heavy atom. The highest BCUT2D eigenvalue weighted by atomic mass is 35.5. The van der Waals surface area contributed by atoms with E-state index < -0.39 is 10.0 Å². The average Bonchev–Trinajstić information content (AvgIpc) is 2.66. The van der Waals surface area contributed by atoms with Crippen molar-refractivity contribution in [3.05, 3.63) is 58.6 Å². The van der Waals surface area contributed by atoms with Crippen molar-refractivity contribution in [2.24, 2.45) is 0 Å². The zero-order chi connectivity index (χ0) is 21.6. The maximum absolute atomic E-state index is 12.8. The van der Waals surface area contributed by atoms with Crippen LogP contribution in [-0.4, -0.2) is 40.6 Å². The lowest BCUT2D eigenvalue weighted by Crippen LogP contribution is -2.27. The largest absolute Gasteiger partial charge is 0.379 e. The third-order valence-electron chi connectivity index (χ3n) is 4.30. The Morgan fingerprint density at radius 1 is 1.17 bits per heavy atom. The molecule has 0 aliphatic rings. The lowest BCUT2D eigenvalue weighted by molar-refractivity contribution is 0.0757. The minimum atomic E-state index is -3.73. The van der Waals surface area contributed by atoms with Crippen LogP contribution in [0.15, 0.2) is 47.4 Å². The maximum Gasteiger partial charge on any atom is 0.264 e. The van der Waals surface area contributed by atoms with Crippen molar-refractivity contribution in [1.29, 1.82) is 0 Å². The Kier molecular flexibility index (Phi) is 8.07. The van der Waals surface area contributed by atoms with E-state index in [-0.39, 0.29) is 21.9 Å². The van der Waals surface area contributed by atoms with Gasteiger partial charge < -0.3 is 10.1 Å². The van der Waals surface area contributed by atoms with E-state index in [0.29, 0.717) is 30.8 Å². The second kappa shape index (κ2) is 10.1. The minimum absolute atomic E-state index is 0.154. The summed E-state index contributed by atoms with van der Waals surface area (Å²) in [6, 6.07) is 11.2. The summed E-state index contributed by atoms with van der Waals surface area (Å²) in [5.41, 5.74) is 1.64. The van der Waals surface area contributed by atoms with Gasteiger partial charge in [0.05, 0.1) is 27.3 Å². The van der Waals surface area contributed by atoms with Crippen molar-refractivity contribution < 1.29 is 17.9 Å². The number of hydrogen-bond donors (Lipinski definition) is 1. The molecule has 0 atom stereocenters. The second-order valence-electron chi connectivity index (χ2n) is 6.98. The number of carbonyl (C=O) groups is 1. The third-order valence-corrected chi connectivity index (χ3v) is 6.41. The molecule has 0 aliphatic heterocycles. The number of rotatable bonds is 9. The van der Waals surface area contributed by atoms with Gasteiger partial charge in [-0.3, -0.25) is 9.10 Å². The quantitative estimate of drug-likeness (QED) is 0.600. The Morgan fingerprint density at radius 3 is 2.41 bits per heavy atom. The fraction of sp³-hybridized carbons (Fsp3) is 0.381. The molecule has 0 spiro atoms. The molecule has 158 valence electrons. The number of nitrogens with zero attached hydrogens (tertiary/aromatic N) is 1. The van der Waals surface area contributed by atoms with E-state index in [9.17, 15) is 13.2 Å². The van der Waals surface area contributed by atoms with Gasteiger partial charge in [-0.25, -0.2) is 8.42 Å². The Labute approximate surface area is 177 Å². The number of amides is 1. The molecule has 6 nitrogen and oxygen atoms in total. The number of halogens is 1. The summed E-state index contributed by atoms with van der Waals surface area (Å²) in [5.74, 6) is -0.310. The first kappa shape index (κ1) is 23.2. The van der Waals surface area contributed by atoms with E-state index in [0.717, 1.165) is 9.87 Å². The van der Waals surface area contributed by atoms with Gasteiger partial charge >= 0.3 is 0 Å². The van der Waals surface area contributed by atoms with Crippen molar-refractivity contribution in [2.45, 2.75) is 38.2 Å². The molecule has 0 radical (unpaired) electrons. The predicted octanol–water partition coefficient (Wildman–Crippen LogP) is 4.02. The molecule has 0 saturated heterocycles. The van der Waals surface area contributed by atoms with Crippen LogP contribution < -0.4 is 9.62 Å². The summed E-state index contributed by atoms with van der Waals surface area (Å²) < 4.78 is 32.2. The van der Waals surface area contributed by atoms with Crippen molar-refractivity contribution in [3.63, 3.8) is 0 Å². The minimum Gasteiger partial charge on any atom is -0.379 e. The molecule has 2 rings (SSSR count). The zero-order valence-electron chi connectivity index (χ0n) is 17.1. The second-order valence-corrected chi connectivity index (χ2v) is 9.36. The number of hydrogen-bond acceptors (Lipinski definition) is 4. The van der Waals surface area contributed by atoms with Gasteiger partial charge in [0.1, 0.15) is 0 Å². The SMILES string of the molecule is Cc1ccc(S(=O)(=O)N(C)c2ccc(C(=O)NCCCOC(C)C)c(Cl)c2)cc1. The number of aryl methyl sites for hydroxylation is 1. The van der Waals surface area contributed by atoms with Gasteiger partial charge in [0.2, 0.25) is 0 Å². The zero-order valence-corrected chi connectivity index (χ0v) is 18.7. The summed E-state index contributed by atoms with van der Waals surface area (Å²) in [5, 5.41) is 2.97. The number of anilines is 1. The first-order chi connectivity index (χ1) is 13.6. The van der Waals surface area contributed by atoms with Crippen LogP contribution in [0.2, 0.25) is 5.02 Å². The van der Waals surface area contributed by atoms with E-state index in [4.69, 9.17) is 16.3 Å². The summed E-state index contributed by atoms with van der Waals surface area (Å²) in [6.45, 7) is 6.82. The molecule has 0 fully saturated rings. The molecule has 1 amide bonds. The van der Waals surface area contributed by atoms with Crippen LogP contribution in [0.5, 0.6) is 0 Å². The molecule has 0 unspecified atom stereocenters. The molecule has 0 saturated carbocycles. The molecule has 1 N–H and O–H groups in total. The fourth-order valence-corrected chi connectivity index (χ4v) is 4.03. The topological polar surface area (TPSA) is 75.7 Å². The van der Waals surface area contributed by atoms with E-state index in [2.05, 4.69) is 5.32 Å². The molecule has 0 aliphatic carbocycles. The van der Waals surface area contributed by atoms with E-state index >= 15 is 0 Å². The molecule has 0 heterocycles. The highest BCUT2D eigenvalue weighted by Crippen LogP contribution is 2.27. The van der Waals surface area contributed by atoms with Crippen molar-refractivity contribution in [3.8, 4) is 0 Å². The molecule has 0 aromatic heterocycles. The van der Waals surface area contributed by atoms with Crippen LogP contribution in [0.3, 0.4) is 0 Å². The van der Waals surface area contributed by atoms with Gasteiger partial charge in [0.25, 0.3) is 15.9 Å². The summed E-state index contributed by atoms with van der Waals surface area (Å²) in [7, 11) is -2.27. The van der Waals surface area contributed by atoms with Crippen LogP contribution in [-0.2, 0) is 14.8 Å². The molecule has 0 bridgehead atoms. The number of nitrogens with one attached hydrogen (secondary N) is 1. The highest BCUT2D eigenvalue weighted by Gasteiger charge is 2.22. The Hall–Kier alpha value is -2.09. The van der Waals surface area contributed by atoms with Gasteiger partial charge in [-0.2, -0.15) is 0 Å². The average molecular weight is 439 g/mol. The summed E-state index contributed by atoms with van der Waals surface area (Å²) in [4.78, 5) is 12.5. The normalized spacial score (nSPS) is 11.5. The Balaban J connectivity index is 2.08. The third kappa shape index (κ3) is 6.19. The van der Waals surface area contributed by atoms with Crippen LogP contribution in [0.1, 0.15) is 36.2 Å². The van der Waals surface area contributed by atoms with Gasteiger partial charge in [0, 0.05) is 20.2 Å². The first-order valence-corrected chi connectivity index (χ1v) is 11.2. The molecular formula is C21H27ClN2O4S. The highest BCUT2D eigenvalue weighted by molar-refractivity contribution is 7.92. The van der Waals surface area contributed by atoms with Crippen molar-refractivity contribution >= 4 is 33.2 Å². The number of benzene rings is 2. The van der Waals surface area contributed by atoms with Crippen LogP contribution >= 0.6 is 11.6 Å². The van der Waals surface area contributed by atoms with Crippen molar-refractivity contribution in [1.82, 2.24) is 5.32 Å². The van der Waals surface area contributed by atoms with Crippen LogP contribution in [0.4, 0.5) is 5.69 Å². The lowest BCUT2D eigenvalue weighted by atomic mass is 10.2. The monoisotopic (exact) mass is 438 g/mol. The van der Waals surface area contributed by atoms with E-state index in [1.807, 2.05) is 20.8 Å². The van der Waals surface area contributed by atoms with Gasteiger partial charge in [0.15, 0.2) is 0 Å². The standard InChI is InChI=1S/C21H27ClN2O4S/c1-15(2)28-13-5-12-23-21(25)19-11-8-17(14-20(19)22)24(4)29(26,27)18-9-6-16(3)7-10-18/h6-11,14-15H,5,12-13H2,1-4H3,(H,23,25). The van der Waals surface area contributed by atoms with Crippen molar-refractivity contribution in [2.75, 3.05) is 24.5 Å². The summed E-state index contributed by atoms with van der Waals surface area (Å²) in [6.07, 6.45) is 0.845. The molecular weight excluding hydrogens is 412 g/mol. The number of carbonyl (C=O) groups excluding carboxylic acids is 1. The molecule has 29 heavy (non-hydrogen) atoms. The Bertz CT molecular complexity index is 944. The molecule has 8 heteroatoms. The number of ether oxygens (including phenoxy) is 1. The lowest BCUT2D eigenvalue weighted by Gasteiger charge is -2.20. The smallest absolute Gasteiger partial charge is 0.264 e. The summed E-state index contributed by atoms with van der Waals surface area (Å²) >= 11 is 6.26. The maximum atomic E-state index is 12.8. The fourth-order valence-electron chi connectivity index (χ4n) is 2.58. The predicted molar refractivity (Wildman–Crippen MR) is 116 cm³/mol. The van der Waals surface area contributed by atoms with E-state index in [1.54, 1.807) is 30.3 Å². The van der Waals surface area contributed by atoms with Gasteiger partial charge in [-0.05, 0) is 57.5 Å². The van der Waals surface area contributed by atoms with Crippen LogP contribution in [0, 0.1) is 6.92 Å². The first-order valence-electron chi connectivity index (χ1n) is 9.38. The molecule has 2 aromatic carbocycles. The van der Waals surface area contributed by atoms with E-state index in [1.165, 1.54) is 19.2 Å². The number of sulfonamides is 1. The molecule has 2 aromatic rings. The van der Waals surface area contributed by atoms with Gasteiger partial charge in [-0.1, -0.05) is 29.3 Å². The van der Waals surface area contributed by atoms with Crippen LogP contribution in [0.25, 0.3) is 0 Å². The van der Waals surface area contributed by atoms with Gasteiger partial charge in [-0.15, -0.1) is 0 Å².